The number of ether oxygens (including phenoxy) is 1. The molecule has 30 heavy (non-hydrogen) atoms. The van der Waals surface area contributed by atoms with Gasteiger partial charge in [-0.2, -0.15) is 0 Å². The second-order valence-electron chi connectivity index (χ2n) is 8.18. The Balaban J connectivity index is 0.000000553. The van der Waals surface area contributed by atoms with Crippen molar-refractivity contribution in [2.24, 2.45) is 11.8 Å². The number of carbonyl (C=O) groups excluding carboxylic acids is 3. The number of hydrogen-bond acceptors (Lipinski definition) is 5. The maximum atomic E-state index is 11.3. The lowest BCUT2D eigenvalue weighted by Gasteiger charge is -2.21. The Bertz CT molecular complexity index is 808. The van der Waals surface area contributed by atoms with Crippen LogP contribution in [0.1, 0.15) is 71.1 Å². The van der Waals surface area contributed by atoms with Crippen molar-refractivity contribution < 1.29 is 19.1 Å². The molecule has 0 aliphatic heterocycles. The summed E-state index contributed by atoms with van der Waals surface area (Å²) in [5, 5.41) is 0. The third-order valence-electron chi connectivity index (χ3n) is 5.51. The molecular weight excluding hydrogens is 378 g/mol. The van der Waals surface area contributed by atoms with Crippen molar-refractivity contribution in [2.75, 3.05) is 12.8 Å². The molecule has 1 aromatic carbocycles. The highest BCUT2D eigenvalue weighted by atomic mass is 16.5. The number of methoxy groups -OCH3 is 1. The number of aryl methyl sites for hydroxylation is 2. The Hall–Kier alpha value is -2.43. The number of ketones is 2. The van der Waals surface area contributed by atoms with E-state index in [1.807, 2.05) is 26.8 Å². The lowest BCUT2D eigenvalue weighted by Crippen LogP contribution is -2.16. The average Bonchev–Trinajstić information content (AvgIpc) is 2.65. The van der Waals surface area contributed by atoms with Crippen LogP contribution in [0.15, 0.2) is 23.3 Å². The van der Waals surface area contributed by atoms with Crippen molar-refractivity contribution >= 4 is 23.2 Å². The molecule has 0 saturated heterocycles. The largest absolute Gasteiger partial charge is 0.469 e. The van der Waals surface area contributed by atoms with Crippen LogP contribution in [0.3, 0.4) is 0 Å². The van der Waals surface area contributed by atoms with Crippen LogP contribution in [-0.2, 0) is 25.5 Å². The molecule has 5 heteroatoms. The van der Waals surface area contributed by atoms with Crippen molar-refractivity contribution in [3.63, 3.8) is 0 Å². The fourth-order valence-electron chi connectivity index (χ4n) is 3.61. The van der Waals surface area contributed by atoms with Gasteiger partial charge in [0.15, 0.2) is 11.6 Å². The molecule has 0 spiro atoms. The molecule has 168 valence electrons. The van der Waals surface area contributed by atoms with Gasteiger partial charge in [0, 0.05) is 16.8 Å². The number of esters is 1. The number of benzene rings is 1. The van der Waals surface area contributed by atoms with Crippen LogP contribution in [0.25, 0.3) is 0 Å². The fourth-order valence-corrected chi connectivity index (χ4v) is 3.61. The van der Waals surface area contributed by atoms with E-state index in [-0.39, 0.29) is 30.9 Å². The normalized spacial score (nSPS) is 16.6. The van der Waals surface area contributed by atoms with E-state index in [1.54, 1.807) is 13.8 Å². The Kier molecular flexibility index (Phi) is 11.3. The Labute approximate surface area is 182 Å². The van der Waals surface area contributed by atoms with Crippen LogP contribution in [0.2, 0.25) is 0 Å². The Morgan fingerprint density at radius 2 is 1.67 bits per heavy atom. The summed E-state index contributed by atoms with van der Waals surface area (Å²) in [7, 11) is 1.41. The van der Waals surface area contributed by atoms with E-state index < -0.39 is 0 Å². The van der Waals surface area contributed by atoms with Crippen molar-refractivity contribution in [1.29, 1.82) is 0 Å². The maximum Gasteiger partial charge on any atom is 0.308 e. The number of Topliss-reactive ketones (excluding diaryl/α,β-unsaturated/α-hetero) is 2. The number of nitrogens with two attached hydrogens (primary N) is 1. The summed E-state index contributed by atoms with van der Waals surface area (Å²) in [6.07, 6.45) is 3.27. The van der Waals surface area contributed by atoms with Gasteiger partial charge in [-0.3, -0.25) is 14.4 Å². The van der Waals surface area contributed by atoms with Gasteiger partial charge in [0.1, 0.15) is 0 Å². The van der Waals surface area contributed by atoms with Gasteiger partial charge in [-0.05, 0) is 82.1 Å². The highest BCUT2D eigenvalue weighted by Crippen LogP contribution is 2.30. The quantitative estimate of drug-likeness (QED) is 0.528. The number of hydrogen-bond donors (Lipinski definition) is 1. The van der Waals surface area contributed by atoms with Crippen molar-refractivity contribution in [1.82, 2.24) is 0 Å². The summed E-state index contributed by atoms with van der Waals surface area (Å²) in [6.45, 7) is 11.1. The molecule has 2 N–H and O–H groups in total. The summed E-state index contributed by atoms with van der Waals surface area (Å²) in [6, 6.07) is 4.00. The van der Waals surface area contributed by atoms with Gasteiger partial charge in [-0.25, -0.2) is 0 Å². The molecule has 0 saturated carbocycles. The van der Waals surface area contributed by atoms with Gasteiger partial charge in [-0.15, -0.1) is 0 Å². The highest BCUT2D eigenvalue weighted by molar-refractivity contribution is 6.04. The molecular formula is C25H39NO4. The van der Waals surface area contributed by atoms with Crippen molar-refractivity contribution in [3.05, 3.63) is 40.0 Å². The summed E-state index contributed by atoms with van der Waals surface area (Å²) < 4.78 is 4.71. The lowest BCUT2D eigenvalue weighted by molar-refractivity contribution is -0.144. The van der Waals surface area contributed by atoms with Crippen LogP contribution in [-0.4, -0.2) is 24.6 Å². The van der Waals surface area contributed by atoms with Crippen molar-refractivity contribution in [2.45, 2.75) is 74.7 Å². The minimum Gasteiger partial charge on any atom is -0.469 e. The van der Waals surface area contributed by atoms with Crippen LogP contribution in [0.4, 0.5) is 5.69 Å². The molecule has 2 atom stereocenters. The van der Waals surface area contributed by atoms with Gasteiger partial charge in [0.05, 0.1) is 13.0 Å². The van der Waals surface area contributed by atoms with E-state index in [1.165, 1.54) is 12.7 Å². The van der Waals surface area contributed by atoms with E-state index in [9.17, 15) is 14.4 Å². The second kappa shape index (κ2) is 12.3. The molecule has 0 radical (unpaired) electrons. The third kappa shape index (κ3) is 7.77. The standard InChI is InChI=1S/C13H19NO2.C11H16O2.CH4/c1-8-5-9(2)12(14)7-11(8)6-10(3)13(15)16-4;1-7-4-5-10(8(2)12)11(6-7)9(3)13;/h5,7,10H,6,14H2,1-4H3;7H,4-6H2,1-3H3;1H4. The number of anilines is 1. The van der Waals surface area contributed by atoms with E-state index in [0.717, 1.165) is 47.2 Å². The molecule has 1 aliphatic rings. The molecule has 0 amide bonds. The molecule has 1 aromatic rings. The first kappa shape index (κ1) is 27.6. The Morgan fingerprint density at radius 1 is 1.10 bits per heavy atom. The Morgan fingerprint density at radius 3 is 2.17 bits per heavy atom. The second-order valence-corrected chi connectivity index (χ2v) is 8.18. The minimum atomic E-state index is -0.182. The molecule has 0 heterocycles. The van der Waals surface area contributed by atoms with Gasteiger partial charge < -0.3 is 10.5 Å². The first-order chi connectivity index (χ1) is 13.5. The first-order valence-electron chi connectivity index (χ1n) is 10.1. The van der Waals surface area contributed by atoms with E-state index >= 15 is 0 Å². The average molecular weight is 418 g/mol. The van der Waals surface area contributed by atoms with E-state index in [2.05, 4.69) is 13.0 Å². The number of rotatable bonds is 5. The predicted molar refractivity (Wildman–Crippen MR) is 123 cm³/mol. The zero-order valence-corrected chi connectivity index (χ0v) is 18.8. The zero-order valence-electron chi connectivity index (χ0n) is 18.8. The molecule has 0 aromatic heterocycles. The predicted octanol–water partition coefficient (Wildman–Crippen LogP) is 5.15. The molecule has 5 nitrogen and oxygen atoms in total. The highest BCUT2D eigenvalue weighted by Gasteiger charge is 2.22. The minimum absolute atomic E-state index is 0. The number of carbonyl (C=O) groups is 3. The molecule has 0 fully saturated rings. The van der Waals surface area contributed by atoms with Gasteiger partial charge in [0.2, 0.25) is 0 Å². The third-order valence-corrected chi connectivity index (χ3v) is 5.51. The SMILES string of the molecule is C.CC(=O)C1=C(C(C)=O)CC(C)CC1.COC(=O)C(C)Cc1cc(N)c(C)cc1C. The zero-order chi connectivity index (χ0) is 22.3. The van der Waals surface area contributed by atoms with Gasteiger partial charge in [0.25, 0.3) is 0 Å². The van der Waals surface area contributed by atoms with Gasteiger partial charge >= 0.3 is 5.97 Å². The number of allylic oxidation sites excluding steroid dienone is 2. The van der Waals surface area contributed by atoms with Crippen LogP contribution in [0, 0.1) is 25.7 Å². The van der Waals surface area contributed by atoms with Crippen molar-refractivity contribution in [3.8, 4) is 0 Å². The van der Waals surface area contributed by atoms with Gasteiger partial charge in [-0.1, -0.05) is 27.3 Å². The topological polar surface area (TPSA) is 86.5 Å². The molecule has 2 unspecified atom stereocenters. The maximum absolute atomic E-state index is 11.3. The molecule has 2 rings (SSSR count). The summed E-state index contributed by atoms with van der Waals surface area (Å²) in [5.41, 5.74) is 11.5. The summed E-state index contributed by atoms with van der Waals surface area (Å²) >= 11 is 0. The first-order valence-corrected chi connectivity index (χ1v) is 10.1. The smallest absolute Gasteiger partial charge is 0.308 e. The lowest BCUT2D eigenvalue weighted by atomic mass is 9.82. The van der Waals surface area contributed by atoms with Crippen LogP contribution < -0.4 is 5.73 Å². The van der Waals surface area contributed by atoms with E-state index in [0.29, 0.717) is 12.3 Å². The molecule has 0 bridgehead atoms. The molecule has 1 aliphatic carbocycles. The van der Waals surface area contributed by atoms with Crippen LogP contribution >= 0.6 is 0 Å². The summed E-state index contributed by atoms with van der Waals surface area (Å²) in [5.74, 6) is 0.361. The fraction of sp³-hybridized carbons (Fsp3) is 0.560. The monoisotopic (exact) mass is 417 g/mol. The number of nitrogen functional groups attached to an aromatic ring is 1. The summed E-state index contributed by atoms with van der Waals surface area (Å²) in [4.78, 5) is 33.8. The van der Waals surface area contributed by atoms with E-state index in [4.69, 9.17) is 10.5 Å². The van der Waals surface area contributed by atoms with Crippen LogP contribution in [0.5, 0.6) is 0 Å².